The molecule has 1 N–H and O–H groups in total. The normalized spacial score (nSPS) is 42.5. The summed E-state index contributed by atoms with van der Waals surface area (Å²) in [4.78, 5) is 11.7. The summed E-state index contributed by atoms with van der Waals surface area (Å²) in [7, 11) is 1.46. The van der Waals surface area contributed by atoms with Gasteiger partial charge in [0.2, 0.25) is 0 Å². The van der Waals surface area contributed by atoms with Crippen LogP contribution in [0.4, 0.5) is 0 Å². The monoisotopic (exact) mass is 470 g/mol. The number of rotatable bonds is 5. The van der Waals surface area contributed by atoms with Crippen molar-refractivity contribution in [3.63, 3.8) is 0 Å². The van der Waals surface area contributed by atoms with E-state index in [1.165, 1.54) is 45.6 Å². The number of fused-ring (bicyclic) bond motifs is 4. The number of esters is 1. The standard InChI is InChI=1S/C31H50O3/c1-20(10-9-11-21(2)27(33)34-8)22-14-18-31(7)24-12-13-25-28(3,4)26(32)16-17-29(25,5)23(24)15-19-30(22,31)6/h11,20,22,25-26,32H,9-10,12-19H2,1-8H3/b21-11-/t20?,22-,25?,26?,29+,30-,31+/m0/s1. The van der Waals surface area contributed by atoms with Crippen LogP contribution in [0.25, 0.3) is 0 Å². The molecule has 0 aromatic heterocycles. The summed E-state index contributed by atoms with van der Waals surface area (Å²) in [5.41, 5.74) is 5.30. The fourth-order valence-electron chi connectivity index (χ4n) is 9.64. The molecule has 4 aliphatic rings. The number of ether oxygens (including phenoxy) is 1. The first kappa shape index (κ1) is 26.0. The minimum absolute atomic E-state index is 0.00968. The van der Waals surface area contributed by atoms with Crippen LogP contribution < -0.4 is 0 Å². The summed E-state index contributed by atoms with van der Waals surface area (Å²) in [5.74, 6) is 1.79. The third-order valence-corrected chi connectivity index (χ3v) is 12.1. The van der Waals surface area contributed by atoms with E-state index in [9.17, 15) is 9.90 Å². The van der Waals surface area contributed by atoms with Gasteiger partial charge in [0.15, 0.2) is 0 Å². The topological polar surface area (TPSA) is 46.5 Å². The van der Waals surface area contributed by atoms with Gasteiger partial charge in [0.05, 0.1) is 13.2 Å². The maximum absolute atomic E-state index is 11.7. The van der Waals surface area contributed by atoms with Gasteiger partial charge in [0.1, 0.15) is 0 Å². The number of carbonyl (C=O) groups is 1. The van der Waals surface area contributed by atoms with Crippen molar-refractivity contribution in [1.82, 2.24) is 0 Å². The molecule has 0 radical (unpaired) electrons. The molecule has 3 nitrogen and oxygen atoms in total. The summed E-state index contributed by atoms with van der Waals surface area (Å²) in [5, 5.41) is 10.8. The molecular weight excluding hydrogens is 420 g/mol. The highest BCUT2D eigenvalue weighted by atomic mass is 16.5. The molecule has 0 aromatic rings. The molecule has 2 saturated carbocycles. The van der Waals surface area contributed by atoms with E-state index in [0.717, 1.165) is 37.2 Å². The summed E-state index contributed by atoms with van der Waals surface area (Å²) in [6.45, 7) is 16.7. The van der Waals surface area contributed by atoms with E-state index in [2.05, 4.69) is 47.6 Å². The van der Waals surface area contributed by atoms with Gasteiger partial charge in [0.25, 0.3) is 0 Å². The third-order valence-electron chi connectivity index (χ3n) is 12.1. The van der Waals surface area contributed by atoms with E-state index in [0.29, 0.717) is 22.7 Å². The molecule has 0 aliphatic heterocycles. The maximum atomic E-state index is 11.7. The van der Waals surface area contributed by atoms with Crippen molar-refractivity contribution in [3.05, 3.63) is 22.8 Å². The quantitative estimate of drug-likeness (QED) is 0.255. The maximum Gasteiger partial charge on any atom is 0.333 e. The first-order valence-electron chi connectivity index (χ1n) is 14.0. The van der Waals surface area contributed by atoms with Crippen molar-refractivity contribution < 1.29 is 14.6 Å². The molecule has 0 heterocycles. The number of methoxy groups -OCH3 is 1. The smallest absolute Gasteiger partial charge is 0.333 e. The fraction of sp³-hybridized carbons (Fsp3) is 0.839. The molecule has 4 aliphatic carbocycles. The highest BCUT2D eigenvalue weighted by Gasteiger charge is 2.63. The van der Waals surface area contributed by atoms with E-state index in [4.69, 9.17) is 4.74 Å². The van der Waals surface area contributed by atoms with Gasteiger partial charge >= 0.3 is 5.97 Å². The predicted octanol–water partition coefficient (Wildman–Crippen LogP) is 7.63. The number of hydrogen-bond acceptors (Lipinski definition) is 3. The second kappa shape index (κ2) is 8.79. The van der Waals surface area contributed by atoms with E-state index >= 15 is 0 Å². The Bertz CT molecular complexity index is 881. The van der Waals surface area contributed by atoms with Crippen LogP contribution in [-0.2, 0) is 9.53 Å². The minimum Gasteiger partial charge on any atom is -0.466 e. The average Bonchev–Trinajstić information content (AvgIpc) is 3.07. The zero-order valence-corrected chi connectivity index (χ0v) is 23.2. The molecule has 2 fully saturated rings. The van der Waals surface area contributed by atoms with E-state index in [1.54, 1.807) is 5.57 Å². The molecule has 7 atom stereocenters. The molecule has 0 aromatic carbocycles. The van der Waals surface area contributed by atoms with Gasteiger partial charge in [-0.2, -0.15) is 0 Å². The Labute approximate surface area is 208 Å². The highest BCUT2D eigenvalue weighted by Crippen LogP contribution is 2.72. The predicted molar refractivity (Wildman–Crippen MR) is 139 cm³/mol. The molecule has 0 bridgehead atoms. The fourth-order valence-corrected chi connectivity index (χ4v) is 9.64. The second-order valence-corrected chi connectivity index (χ2v) is 13.7. The molecule has 3 unspecified atom stereocenters. The highest BCUT2D eigenvalue weighted by molar-refractivity contribution is 5.87. The van der Waals surface area contributed by atoms with Crippen LogP contribution in [0.1, 0.15) is 113 Å². The van der Waals surface area contributed by atoms with Gasteiger partial charge in [-0.3, -0.25) is 0 Å². The van der Waals surface area contributed by atoms with Crippen molar-refractivity contribution in [2.75, 3.05) is 7.11 Å². The first-order chi connectivity index (χ1) is 15.8. The van der Waals surface area contributed by atoms with Gasteiger partial charge in [0, 0.05) is 5.57 Å². The lowest BCUT2D eigenvalue weighted by Gasteiger charge is -2.62. The Hall–Kier alpha value is -1.09. The summed E-state index contributed by atoms with van der Waals surface area (Å²) < 4.78 is 4.86. The Morgan fingerprint density at radius 3 is 2.44 bits per heavy atom. The largest absolute Gasteiger partial charge is 0.466 e. The Balaban J connectivity index is 1.57. The molecule has 34 heavy (non-hydrogen) atoms. The summed E-state index contributed by atoms with van der Waals surface area (Å²) in [6.07, 6.45) is 13.8. The van der Waals surface area contributed by atoms with Gasteiger partial charge in [-0.05, 0) is 111 Å². The number of carbonyl (C=O) groups excluding carboxylic acids is 1. The van der Waals surface area contributed by atoms with E-state index in [-0.39, 0.29) is 22.9 Å². The SMILES string of the molecule is COC(=O)/C(C)=C\CCC(C)[C@@H]1CC[C@]2(C)C3=C(CC[C@@]12C)[C@@]1(C)CCC(O)C(C)(C)C1CC3. The first-order valence-corrected chi connectivity index (χ1v) is 14.0. The zero-order chi connectivity index (χ0) is 25.1. The van der Waals surface area contributed by atoms with Crippen molar-refractivity contribution >= 4 is 5.97 Å². The van der Waals surface area contributed by atoms with Crippen molar-refractivity contribution in [2.24, 2.45) is 39.4 Å². The average molecular weight is 471 g/mol. The lowest BCUT2D eigenvalue weighted by molar-refractivity contribution is -0.136. The van der Waals surface area contributed by atoms with Gasteiger partial charge < -0.3 is 9.84 Å². The van der Waals surface area contributed by atoms with Crippen LogP contribution in [0.5, 0.6) is 0 Å². The van der Waals surface area contributed by atoms with Crippen LogP contribution in [0, 0.1) is 39.4 Å². The summed E-state index contributed by atoms with van der Waals surface area (Å²) in [6, 6.07) is 0. The zero-order valence-electron chi connectivity index (χ0n) is 23.2. The van der Waals surface area contributed by atoms with Crippen molar-refractivity contribution in [2.45, 2.75) is 119 Å². The molecular formula is C31H50O3. The molecule has 0 spiro atoms. The molecule has 3 heteroatoms. The van der Waals surface area contributed by atoms with Gasteiger partial charge in [-0.15, -0.1) is 0 Å². The lowest BCUT2D eigenvalue weighted by Crippen LogP contribution is -2.55. The van der Waals surface area contributed by atoms with Crippen LogP contribution in [-0.4, -0.2) is 24.3 Å². The second-order valence-electron chi connectivity index (χ2n) is 13.7. The Morgan fingerprint density at radius 1 is 1.06 bits per heavy atom. The van der Waals surface area contributed by atoms with Crippen LogP contribution in [0.2, 0.25) is 0 Å². The van der Waals surface area contributed by atoms with Crippen LogP contribution in [0.3, 0.4) is 0 Å². The minimum atomic E-state index is -0.206. The molecule has 4 rings (SSSR count). The van der Waals surface area contributed by atoms with Crippen molar-refractivity contribution in [3.8, 4) is 0 Å². The molecule has 0 saturated heterocycles. The summed E-state index contributed by atoms with van der Waals surface area (Å²) >= 11 is 0. The van der Waals surface area contributed by atoms with Gasteiger partial charge in [-0.1, -0.05) is 58.8 Å². The molecule has 0 amide bonds. The Morgan fingerprint density at radius 2 is 1.76 bits per heavy atom. The van der Waals surface area contributed by atoms with Gasteiger partial charge in [-0.25, -0.2) is 4.79 Å². The number of aliphatic hydroxyl groups excluding tert-OH is 1. The Kier molecular flexibility index (Phi) is 6.71. The third kappa shape index (κ3) is 3.66. The van der Waals surface area contributed by atoms with Crippen LogP contribution >= 0.6 is 0 Å². The number of aliphatic hydroxyl groups is 1. The van der Waals surface area contributed by atoms with Crippen molar-refractivity contribution in [1.29, 1.82) is 0 Å². The van der Waals surface area contributed by atoms with E-state index < -0.39 is 0 Å². The lowest BCUT2D eigenvalue weighted by atomic mass is 9.43. The van der Waals surface area contributed by atoms with E-state index in [1.807, 2.05) is 12.5 Å². The molecule has 192 valence electrons. The van der Waals surface area contributed by atoms with Crippen LogP contribution in [0.15, 0.2) is 22.8 Å². The number of allylic oxidation sites excluding steroid dienone is 3. The number of hydrogen-bond donors (Lipinski definition) is 1.